The van der Waals surface area contributed by atoms with Gasteiger partial charge in [0.25, 0.3) is 5.91 Å². The summed E-state index contributed by atoms with van der Waals surface area (Å²) >= 11 is 0. The van der Waals surface area contributed by atoms with Gasteiger partial charge in [0.15, 0.2) is 5.83 Å². The van der Waals surface area contributed by atoms with E-state index in [0.717, 1.165) is 36.3 Å². The van der Waals surface area contributed by atoms with Gasteiger partial charge in [-0.15, -0.1) is 0 Å². The second-order valence-electron chi connectivity index (χ2n) is 7.17. The van der Waals surface area contributed by atoms with Gasteiger partial charge in [0.2, 0.25) is 0 Å². The second kappa shape index (κ2) is 7.91. The quantitative estimate of drug-likeness (QED) is 0.751. The highest BCUT2D eigenvalue weighted by Gasteiger charge is 2.34. The fourth-order valence-electron chi connectivity index (χ4n) is 3.85. The zero-order valence-electron chi connectivity index (χ0n) is 15.7. The summed E-state index contributed by atoms with van der Waals surface area (Å²) in [5, 5.41) is 9.15. The predicted molar refractivity (Wildman–Crippen MR) is 98.0 cm³/mol. The van der Waals surface area contributed by atoms with E-state index < -0.39 is 17.8 Å². The van der Waals surface area contributed by atoms with Gasteiger partial charge in [0, 0.05) is 25.2 Å². The van der Waals surface area contributed by atoms with Gasteiger partial charge in [0.1, 0.15) is 5.82 Å². The summed E-state index contributed by atoms with van der Waals surface area (Å²) < 4.78 is 18.6. The Morgan fingerprint density at radius 2 is 2.22 bits per heavy atom. The maximum Gasteiger partial charge on any atom is 0.318 e. The van der Waals surface area contributed by atoms with Crippen molar-refractivity contribution in [1.82, 2.24) is 14.9 Å². The molecule has 1 aliphatic carbocycles. The van der Waals surface area contributed by atoms with Crippen molar-refractivity contribution in [3.8, 4) is 12.1 Å². The Morgan fingerprint density at radius 1 is 1.44 bits per heavy atom. The predicted octanol–water partition coefficient (Wildman–Crippen LogP) is 2.02. The summed E-state index contributed by atoms with van der Waals surface area (Å²) in [5.74, 6) is -0.398. The van der Waals surface area contributed by atoms with E-state index in [-0.39, 0.29) is 6.42 Å². The molecule has 2 atom stereocenters. The van der Waals surface area contributed by atoms with Crippen LogP contribution in [0.1, 0.15) is 31.0 Å². The summed E-state index contributed by atoms with van der Waals surface area (Å²) in [7, 11) is 1.54. The number of halogens is 1. The number of methoxy groups -OCH3 is 1. The smallest absolute Gasteiger partial charge is 0.318 e. The molecule has 1 saturated heterocycles. The lowest BCUT2D eigenvalue weighted by molar-refractivity contribution is -0.131. The fourth-order valence-corrected chi connectivity index (χ4v) is 3.85. The number of piperazine rings is 1. The SMILES string of the molecule is C=C(F)C(=O)N1CCN(c2nc(OC)nc3c2CC(C)CC3)CC1CC#N. The minimum absolute atomic E-state index is 0.121. The summed E-state index contributed by atoms with van der Waals surface area (Å²) in [6.07, 6.45) is 2.96. The summed E-state index contributed by atoms with van der Waals surface area (Å²) in [5.41, 5.74) is 2.11. The zero-order valence-corrected chi connectivity index (χ0v) is 15.7. The Labute approximate surface area is 158 Å². The minimum Gasteiger partial charge on any atom is -0.467 e. The molecule has 1 aliphatic heterocycles. The molecule has 2 unspecified atom stereocenters. The standard InChI is InChI=1S/C19H24FN5O2/c1-12-4-5-16-15(10-12)17(23-19(22-16)27-3)24-8-9-25(18(26)13(2)20)14(11-24)6-7-21/h12,14H,2,4-6,8-11H2,1,3H3. The molecule has 7 nitrogen and oxygen atoms in total. The fraction of sp³-hybridized carbons (Fsp3) is 0.579. The van der Waals surface area contributed by atoms with Crippen molar-refractivity contribution in [3.05, 3.63) is 23.7 Å². The van der Waals surface area contributed by atoms with Crippen LogP contribution in [0.25, 0.3) is 0 Å². The maximum absolute atomic E-state index is 13.4. The van der Waals surface area contributed by atoms with Crippen LogP contribution in [0.2, 0.25) is 0 Å². The number of amides is 1. The van der Waals surface area contributed by atoms with Gasteiger partial charge in [-0.25, -0.2) is 4.39 Å². The molecule has 1 fully saturated rings. The van der Waals surface area contributed by atoms with E-state index in [0.29, 0.717) is 31.6 Å². The molecule has 0 aromatic carbocycles. The van der Waals surface area contributed by atoms with Gasteiger partial charge >= 0.3 is 6.01 Å². The molecule has 0 spiro atoms. The average Bonchev–Trinajstić information content (AvgIpc) is 2.66. The van der Waals surface area contributed by atoms with Crippen LogP contribution < -0.4 is 9.64 Å². The number of rotatable bonds is 4. The van der Waals surface area contributed by atoms with Gasteiger partial charge in [0.05, 0.1) is 31.3 Å². The third kappa shape index (κ3) is 3.87. The lowest BCUT2D eigenvalue weighted by atomic mass is 9.87. The molecule has 0 N–H and O–H groups in total. The topological polar surface area (TPSA) is 82.3 Å². The number of aromatic nitrogens is 2. The maximum atomic E-state index is 13.4. The number of aryl methyl sites for hydroxylation is 1. The Kier molecular flexibility index (Phi) is 5.59. The van der Waals surface area contributed by atoms with Crippen molar-refractivity contribution in [1.29, 1.82) is 5.26 Å². The zero-order chi connectivity index (χ0) is 19.6. The monoisotopic (exact) mass is 373 g/mol. The molecule has 3 rings (SSSR count). The number of hydrogen-bond acceptors (Lipinski definition) is 6. The molecule has 0 bridgehead atoms. The first kappa shape index (κ1) is 19.1. The molecule has 27 heavy (non-hydrogen) atoms. The lowest BCUT2D eigenvalue weighted by Gasteiger charge is -2.42. The highest BCUT2D eigenvalue weighted by atomic mass is 19.1. The average molecular weight is 373 g/mol. The van der Waals surface area contributed by atoms with Gasteiger partial charge in [-0.05, 0) is 25.2 Å². The van der Waals surface area contributed by atoms with Crippen molar-refractivity contribution >= 4 is 11.7 Å². The van der Waals surface area contributed by atoms with Crippen molar-refractivity contribution in [2.24, 2.45) is 5.92 Å². The van der Waals surface area contributed by atoms with Crippen LogP contribution in [-0.2, 0) is 17.6 Å². The van der Waals surface area contributed by atoms with E-state index in [1.54, 1.807) is 7.11 Å². The number of ether oxygens (including phenoxy) is 1. The van der Waals surface area contributed by atoms with Gasteiger partial charge in [-0.3, -0.25) is 4.79 Å². The Hall–Kier alpha value is -2.69. The van der Waals surface area contributed by atoms with Gasteiger partial charge in [-0.1, -0.05) is 13.5 Å². The van der Waals surface area contributed by atoms with Gasteiger partial charge < -0.3 is 14.5 Å². The molecule has 2 heterocycles. The molecule has 2 aliphatic rings. The minimum atomic E-state index is -0.999. The number of nitriles is 1. The molecule has 144 valence electrons. The number of hydrogen-bond donors (Lipinski definition) is 0. The summed E-state index contributed by atoms with van der Waals surface area (Å²) in [6.45, 7) is 6.53. The molecule has 1 amide bonds. The van der Waals surface area contributed by atoms with E-state index >= 15 is 0 Å². The number of carbonyl (C=O) groups excluding carboxylic acids is 1. The van der Waals surface area contributed by atoms with Crippen LogP contribution in [0, 0.1) is 17.2 Å². The third-order valence-corrected chi connectivity index (χ3v) is 5.26. The third-order valence-electron chi connectivity index (χ3n) is 5.26. The van der Waals surface area contributed by atoms with E-state index in [1.165, 1.54) is 4.90 Å². The van der Waals surface area contributed by atoms with Crippen molar-refractivity contribution in [3.63, 3.8) is 0 Å². The van der Waals surface area contributed by atoms with Crippen LogP contribution in [0.5, 0.6) is 6.01 Å². The first-order valence-electron chi connectivity index (χ1n) is 9.15. The van der Waals surface area contributed by atoms with Crippen LogP contribution in [0.15, 0.2) is 12.4 Å². The largest absolute Gasteiger partial charge is 0.467 e. The summed E-state index contributed by atoms with van der Waals surface area (Å²) in [4.78, 5) is 24.6. The first-order valence-corrected chi connectivity index (χ1v) is 9.15. The van der Waals surface area contributed by atoms with Crippen LogP contribution in [-0.4, -0.2) is 53.6 Å². The van der Waals surface area contributed by atoms with Crippen molar-refractivity contribution in [2.75, 3.05) is 31.6 Å². The van der Waals surface area contributed by atoms with E-state index in [2.05, 4.69) is 34.4 Å². The Balaban J connectivity index is 1.92. The molecule has 8 heteroatoms. The molecule has 1 aromatic heterocycles. The molecule has 1 aromatic rings. The first-order chi connectivity index (χ1) is 12.9. The second-order valence-corrected chi connectivity index (χ2v) is 7.17. The lowest BCUT2D eigenvalue weighted by Crippen LogP contribution is -2.55. The highest BCUT2D eigenvalue weighted by molar-refractivity contribution is 5.91. The van der Waals surface area contributed by atoms with Gasteiger partial charge in [-0.2, -0.15) is 15.2 Å². The highest BCUT2D eigenvalue weighted by Crippen LogP contribution is 2.33. The number of carbonyl (C=O) groups is 1. The molecule has 0 radical (unpaired) electrons. The van der Waals surface area contributed by atoms with Crippen molar-refractivity contribution in [2.45, 2.75) is 38.6 Å². The number of nitrogens with zero attached hydrogens (tertiary/aromatic N) is 5. The normalized spacial score (nSPS) is 22.0. The van der Waals surface area contributed by atoms with Crippen LogP contribution in [0.3, 0.4) is 0 Å². The van der Waals surface area contributed by atoms with Crippen LogP contribution >= 0.6 is 0 Å². The summed E-state index contributed by atoms with van der Waals surface area (Å²) in [6, 6.07) is 2.00. The molecule has 0 saturated carbocycles. The Bertz CT molecular complexity index is 791. The molecular weight excluding hydrogens is 349 g/mol. The van der Waals surface area contributed by atoms with E-state index in [4.69, 9.17) is 10.00 Å². The van der Waals surface area contributed by atoms with E-state index in [9.17, 15) is 9.18 Å². The molecular formula is C19H24FN5O2. The van der Waals surface area contributed by atoms with Crippen LogP contribution in [0.4, 0.5) is 10.2 Å². The van der Waals surface area contributed by atoms with Crippen molar-refractivity contribution < 1.29 is 13.9 Å². The number of anilines is 1. The Morgan fingerprint density at radius 3 is 2.89 bits per heavy atom. The van der Waals surface area contributed by atoms with E-state index in [1.807, 2.05) is 0 Å². The number of fused-ring (bicyclic) bond motifs is 1.